The van der Waals surface area contributed by atoms with E-state index < -0.39 is 16.1 Å². The summed E-state index contributed by atoms with van der Waals surface area (Å²) < 4.78 is 35.8. The predicted octanol–water partition coefficient (Wildman–Crippen LogP) is 8.24. The summed E-state index contributed by atoms with van der Waals surface area (Å²) in [4.78, 5) is 16.7. The first-order valence-corrected chi connectivity index (χ1v) is 18.2. The van der Waals surface area contributed by atoms with Crippen LogP contribution in [0.5, 0.6) is 5.75 Å². The van der Waals surface area contributed by atoms with Gasteiger partial charge in [-0.15, -0.1) is 0 Å². The first-order valence-electron chi connectivity index (χ1n) is 16.0. The van der Waals surface area contributed by atoms with E-state index in [4.69, 9.17) is 32.9 Å². The first-order chi connectivity index (χ1) is 23.2. The number of nitrogens with one attached hydrogen (secondary N) is 1. The lowest BCUT2D eigenvalue weighted by molar-refractivity contribution is -0.117. The van der Waals surface area contributed by atoms with Crippen LogP contribution < -0.4 is 13.8 Å². The highest BCUT2D eigenvalue weighted by atomic mass is 35.5. The Labute approximate surface area is 290 Å². The highest BCUT2D eigenvalue weighted by Gasteiger charge is 2.34. The van der Waals surface area contributed by atoms with Crippen LogP contribution in [0, 0.1) is 5.92 Å². The molecule has 246 valence electrons. The van der Waals surface area contributed by atoms with Crippen LogP contribution in [0.3, 0.4) is 0 Å². The molecule has 5 aromatic rings. The van der Waals surface area contributed by atoms with Crippen molar-refractivity contribution in [2.24, 2.45) is 5.92 Å². The number of benzene rings is 4. The summed E-state index contributed by atoms with van der Waals surface area (Å²) in [5.74, 6) is 1.77. The Hall–Kier alpha value is -4.31. The lowest BCUT2D eigenvalue weighted by Crippen LogP contribution is -2.29. The van der Waals surface area contributed by atoms with Crippen LogP contribution in [0.25, 0.3) is 28.1 Å². The summed E-state index contributed by atoms with van der Waals surface area (Å²) in [6.45, 7) is 0.532. The lowest BCUT2D eigenvalue weighted by Gasteiger charge is -2.21. The molecule has 1 aromatic heterocycles. The van der Waals surface area contributed by atoms with E-state index in [1.165, 1.54) is 32.1 Å². The zero-order valence-electron chi connectivity index (χ0n) is 26.1. The Morgan fingerprint density at radius 3 is 2.15 bits per heavy atom. The molecule has 1 aliphatic heterocycles. The lowest BCUT2D eigenvalue weighted by atomic mass is 9.90. The zero-order valence-corrected chi connectivity index (χ0v) is 28.4. The highest BCUT2D eigenvalue weighted by Crippen LogP contribution is 2.32. The van der Waals surface area contributed by atoms with Gasteiger partial charge in [-0.05, 0) is 90.0 Å². The number of aromatic nitrogens is 2. The SMILES string of the molecule is O=C1CN(c2ccc(-n3cc(-c4ccc(Cl)cc4Cl)nc3Cc3ccc(-c4ccc(OCC5CCCCC5)cc4)cc3)cc2)S(=O)(=O)N1. The number of carbonyl (C=O) groups excluding carboxylic acids is 1. The van der Waals surface area contributed by atoms with Crippen LogP contribution >= 0.6 is 23.2 Å². The maximum absolute atomic E-state index is 12.4. The molecule has 1 aliphatic carbocycles. The standard InChI is InChI=1S/C37H34Cl2N4O4S/c38-29-12-19-33(34(39)21-29)35-22-42(30-13-15-31(16-14-30)43-23-37(44)41-48(43,45)46)36(40-35)20-25-6-8-27(9-7-25)28-10-17-32(18-11-28)47-24-26-4-2-1-3-5-26/h6-19,21-22,26H,1-5,20,23-24H2,(H,41,44). The second kappa shape index (κ2) is 13.7. The molecule has 0 radical (unpaired) electrons. The molecule has 0 unspecified atom stereocenters. The molecule has 2 aliphatic rings. The van der Waals surface area contributed by atoms with E-state index >= 15 is 0 Å². The van der Waals surface area contributed by atoms with Crippen LogP contribution in [0.2, 0.25) is 10.0 Å². The van der Waals surface area contributed by atoms with Crippen molar-refractivity contribution in [2.45, 2.75) is 38.5 Å². The third kappa shape index (κ3) is 7.09. The monoisotopic (exact) mass is 700 g/mol. The average Bonchev–Trinajstić information content (AvgIpc) is 3.63. The zero-order chi connectivity index (χ0) is 33.3. The van der Waals surface area contributed by atoms with Gasteiger partial charge in [0.1, 0.15) is 18.1 Å². The van der Waals surface area contributed by atoms with Crippen molar-refractivity contribution in [3.8, 4) is 33.8 Å². The van der Waals surface area contributed by atoms with E-state index in [-0.39, 0.29) is 6.54 Å². The number of anilines is 1. The van der Waals surface area contributed by atoms with Gasteiger partial charge in [-0.3, -0.25) is 4.79 Å². The molecular weight excluding hydrogens is 667 g/mol. The molecule has 2 fully saturated rings. The van der Waals surface area contributed by atoms with Crippen molar-refractivity contribution >= 4 is 45.0 Å². The summed E-state index contributed by atoms with van der Waals surface area (Å²) in [7, 11) is -3.91. The summed E-state index contributed by atoms with van der Waals surface area (Å²) in [6.07, 6.45) is 8.93. The molecule has 1 N–H and O–H groups in total. The molecule has 0 spiro atoms. The van der Waals surface area contributed by atoms with Gasteiger partial charge in [-0.25, -0.2) is 14.0 Å². The quantitative estimate of drug-likeness (QED) is 0.167. The van der Waals surface area contributed by atoms with E-state index in [0.29, 0.717) is 33.8 Å². The van der Waals surface area contributed by atoms with Crippen LogP contribution in [-0.2, 0) is 21.4 Å². The Kier molecular flexibility index (Phi) is 9.18. The van der Waals surface area contributed by atoms with Gasteiger partial charge in [-0.1, -0.05) is 78.9 Å². The number of nitrogens with zero attached hydrogens (tertiary/aromatic N) is 3. The van der Waals surface area contributed by atoms with Crippen molar-refractivity contribution < 1.29 is 17.9 Å². The van der Waals surface area contributed by atoms with E-state index in [1.807, 2.05) is 33.7 Å². The Morgan fingerprint density at radius 2 is 1.50 bits per heavy atom. The second-order valence-electron chi connectivity index (χ2n) is 12.3. The van der Waals surface area contributed by atoms with Crippen molar-refractivity contribution in [3.63, 3.8) is 0 Å². The predicted molar refractivity (Wildman–Crippen MR) is 190 cm³/mol. The first kappa shape index (κ1) is 32.2. The summed E-state index contributed by atoms with van der Waals surface area (Å²) in [5, 5.41) is 1.02. The number of rotatable bonds is 9. The number of ether oxygens (including phenoxy) is 1. The molecular formula is C37H34Cl2N4O4S. The van der Waals surface area contributed by atoms with Crippen LogP contribution in [-0.4, -0.2) is 37.0 Å². The van der Waals surface area contributed by atoms with Gasteiger partial charge < -0.3 is 9.30 Å². The highest BCUT2D eigenvalue weighted by molar-refractivity contribution is 7.92. The van der Waals surface area contributed by atoms with Gasteiger partial charge in [0.2, 0.25) is 0 Å². The number of halogens is 2. The van der Waals surface area contributed by atoms with Gasteiger partial charge in [0, 0.05) is 28.9 Å². The third-order valence-electron chi connectivity index (χ3n) is 8.94. The maximum Gasteiger partial charge on any atom is 0.326 e. The van der Waals surface area contributed by atoms with Crippen LogP contribution in [0.1, 0.15) is 43.5 Å². The van der Waals surface area contributed by atoms with E-state index in [9.17, 15) is 13.2 Å². The van der Waals surface area contributed by atoms with Crippen LogP contribution in [0.15, 0.2) is 97.2 Å². The molecule has 1 saturated carbocycles. The number of amides is 1. The molecule has 2 heterocycles. The number of hydrogen-bond donors (Lipinski definition) is 1. The molecule has 7 rings (SSSR count). The topological polar surface area (TPSA) is 93.5 Å². The second-order valence-corrected chi connectivity index (χ2v) is 14.7. The minimum absolute atomic E-state index is 0.258. The Balaban J connectivity index is 1.12. The maximum atomic E-state index is 12.4. The van der Waals surface area contributed by atoms with E-state index in [1.54, 1.807) is 36.4 Å². The number of carbonyl (C=O) groups is 1. The fourth-order valence-corrected chi connectivity index (χ4v) is 8.01. The molecule has 48 heavy (non-hydrogen) atoms. The molecule has 0 bridgehead atoms. The van der Waals surface area contributed by atoms with Crippen molar-refractivity contribution in [1.82, 2.24) is 14.3 Å². The smallest absolute Gasteiger partial charge is 0.326 e. The van der Waals surface area contributed by atoms with Crippen molar-refractivity contribution in [1.29, 1.82) is 0 Å². The Bertz CT molecular complexity index is 2040. The molecule has 11 heteroatoms. The van der Waals surface area contributed by atoms with Gasteiger partial charge in [-0.2, -0.15) is 8.42 Å². The van der Waals surface area contributed by atoms with E-state index in [0.717, 1.165) is 50.4 Å². The largest absolute Gasteiger partial charge is 0.493 e. The van der Waals surface area contributed by atoms with Gasteiger partial charge in [0.25, 0.3) is 5.91 Å². The molecule has 1 saturated heterocycles. The molecule has 8 nitrogen and oxygen atoms in total. The minimum Gasteiger partial charge on any atom is -0.493 e. The third-order valence-corrected chi connectivity index (χ3v) is 10.9. The minimum atomic E-state index is -3.91. The van der Waals surface area contributed by atoms with Gasteiger partial charge in [0.15, 0.2) is 0 Å². The van der Waals surface area contributed by atoms with Crippen molar-refractivity contribution in [2.75, 3.05) is 17.5 Å². The summed E-state index contributed by atoms with van der Waals surface area (Å²) >= 11 is 12.7. The van der Waals surface area contributed by atoms with Gasteiger partial charge >= 0.3 is 10.2 Å². The Morgan fingerprint density at radius 1 is 0.833 bits per heavy atom. The van der Waals surface area contributed by atoms with Gasteiger partial charge in [0.05, 0.1) is 23.0 Å². The average molecular weight is 702 g/mol. The molecule has 0 atom stereocenters. The fraction of sp³-hybridized carbons (Fsp3) is 0.243. The number of hydrogen-bond acceptors (Lipinski definition) is 5. The molecule has 4 aromatic carbocycles. The van der Waals surface area contributed by atoms with Crippen molar-refractivity contribution in [3.05, 3.63) is 119 Å². The summed E-state index contributed by atoms with van der Waals surface area (Å²) in [5.41, 5.74) is 5.87. The summed E-state index contributed by atoms with van der Waals surface area (Å²) in [6, 6.07) is 29.0. The molecule has 1 amide bonds. The van der Waals surface area contributed by atoms with Crippen LogP contribution in [0.4, 0.5) is 5.69 Å². The fourth-order valence-electron chi connectivity index (χ4n) is 6.36. The number of imidazole rings is 1. The normalized spacial score (nSPS) is 16.2. The van der Waals surface area contributed by atoms with E-state index in [2.05, 4.69) is 36.4 Å².